The summed E-state index contributed by atoms with van der Waals surface area (Å²) >= 11 is 0. The van der Waals surface area contributed by atoms with Crippen LogP contribution in [-0.4, -0.2) is 50.4 Å². The SMILES string of the molecule is CCOc1ccccc1N(CC(=O)N(Cc1ccc(F)cc1)[C@H](Cc1ccccc1)C(=O)NC(C)C)S(=O)(=O)c1ccc(C)cc1. The summed E-state index contributed by atoms with van der Waals surface area (Å²) in [6.45, 7) is 6.87. The zero-order valence-electron chi connectivity index (χ0n) is 26.5. The first-order valence-corrected chi connectivity index (χ1v) is 16.6. The summed E-state index contributed by atoms with van der Waals surface area (Å²) in [5, 5.41) is 2.92. The third kappa shape index (κ3) is 8.72. The Morgan fingerprint density at radius 2 is 1.48 bits per heavy atom. The highest BCUT2D eigenvalue weighted by Crippen LogP contribution is 2.33. The predicted molar refractivity (Wildman–Crippen MR) is 177 cm³/mol. The molecule has 4 aromatic carbocycles. The number of nitrogens with one attached hydrogen (secondary N) is 1. The molecule has 0 bridgehead atoms. The molecule has 0 aliphatic carbocycles. The van der Waals surface area contributed by atoms with Crippen molar-refractivity contribution in [3.8, 4) is 5.75 Å². The quantitative estimate of drug-likeness (QED) is 0.185. The molecule has 8 nitrogen and oxygen atoms in total. The molecule has 0 saturated heterocycles. The van der Waals surface area contributed by atoms with Crippen LogP contribution < -0.4 is 14.4 Å². The molecule has 2 amide bonds. The molecule has 242 valence electrons. The Morgan fingerprint density at radius 1 is 0.848 bits per heavy atom. The smallest absolute Gasteiger partial charge is 0.264 e. The van der Waals surface area contributed by atoms with Crippen LogP contribution in [0.3, 0.4) is 0 Å². The van der Waals surface area contributed by atoms with Crippen LogP contribution >= 0.6 is 0 Å². The molecule has 10 heteroatoms. The van der Waals surface area contributed by atoms with Crippen molar-refractivity contribution in [3.05, 3.63) is 126 Å². The van der Waals surface area contributed by atoms with Crippen LogP contribution in [0.2, 0.25) is 0 Å². The van der Waals surface area contributed by atoms with E-state index < -0.39 is 40.2 Å². The van der Waals surface area contributed by atoms with Gasteiger partial charge >= 0.3 is 0 Å². The van der Waals surface area contributed by atoms with Gasteiger partial charge in [-0.3, -0.25) is 13.9 Å². The Balaban J connectivity index is 1.84. The van der Waals surface area contributed by atoms with Gasteiger partial charge in [-0.15, -0.1) is 0 Å². The molecule has 1 N–H and O–H groups in total. The fraction of sp³-hybridized carbons (Fsp3) is 0.278. The number of carbonyl (C=O) groups is 2. The van der Waals surface area contributed by atoms with E-state index in [1.54, 1.807) is 55.5 Å². The summed E-state index contributed by atoms with van der Waals surface area (Å²) in [6.07, 6.45) is 0.173. The molecule has 0 unspecified atom stereocenters. The van der Waals surface area contributed by atoms with Crippen molar-refractivity contribution in [2.24, 2.45) is 0 Å². The van der Waals surface area contributed by atoms with Crippen LogP contribution in [0.1, 0.15) is 37.5 Å². The average Bonchev–Trinajstić information content (AvgIpc) is 3.03. The zero-order chi connectivity index (χ0) is 33.3. The van der Waals surface area contributed by atoms with Crippen molar-refractivity contribution in [3.63, 3.8) is 0 Å². The second-order valence-corrected chi connectivity index (χ2v) is 13.1. The van der Waals surface area contributed by atoms with E-state index >= 15 is 0 Å². The van der Waals surface area contributed by atoms with Crippen molar-refractivity contribution >= 4 is 27.5 Å². The normalized spacial score (nSPS) is 12.0. The van der Waals surface area contributed by atoms with E-state index in [2.05, 4.69) is 5.32 Å². The number of benzene rings is 4. The fourth-order valence-electron chi connectivity index (χ4n) is 5.01. The van der Waals surface area contributed by atoms with Crippen LogP contribution in [0.4, 0.5) is 10.1 Å². The summed E-state index contributed by atoms with van der Waals surface area (Å²) in [6, 6.07) is 26.7. The fourth-order valence-corrected chi connectivity index (χ4v) is 6.44. The highest BCUT2D eigenvalue weighted by atomic mass is 32.2. The standard InChI is InChI=1S/C36H40FN3O5S/c1-5-45-34-14-10-9-13-32(34)40(46(43,44)31-21-15-27(4)16-22-31)25-35(41)39(24-29-17-19-30(37)20-18-29)33(36(42)38-26(2)3)23-28-11-7-6-8-12-28/h6-22,26,33H,5,23-25H2,1-4H3,(H,38,42)/t33-/m1/s1. The Kier molecular flexibility index (Phi) is 11.5. The summed E-state index contributed by atoms with van der Waals surface area (Å²) < 4.78 is 49.2. The predicted octanol–water partition coefficient (Wildman–Crippen LogP) is 5.89. The lowest BCUT2D eigenvalue weighted by molar-refractivity contribution is -0.140. The van der Waals surface area contributed by atoms with Gasteiger partial charge in [-0.1, -0.05) is 72.3 Å². The number of hydrogen-bond acceptors (Lipinski definition) is 5. The van der Waals surface area contributed by atoms with Gasteiger partial charge in [0.1, 0.15) is 24.2 Å². The maximum absolute atomic E-state index is 14.5. The number of anilines is 1. The lowest BCUT2D eigenvalue weighted by atomic mass is 10.0. The molecule has 4 rings (SSSR count). The number of nitrogens with zero attached hydrogens (tertiary/aromatic N) is 2. The molecular weight excluding hydrogens is 605 g/mol. The average molecular weight is 646 g/mol. The van der Waals surface area contributed by atoms with Crippen molar-refractivity contribution in [2.75, 3.05) is 17.5 Å². The summed E-state index contributed by atoms with van der Waals surface area (Å²) in [4.78, 5) is 29.7. The molecule has 0 aliphatic rings. The Labute approximate surface area is 270 Å². The number of rotatable bonds is 14. The van der Waals surface area contributed by atoms with Gasteiger partial charge in [0.25, 0.3) is 10.0 Å². The number of aryl methyl sites for hydroxylation is 1. The molecule has 0 aliphatic heterocycles. The van der Waals surface area contributed by atoms with Crippen LogP contribution in [-0.2, 0) is 32.6 Å². The van der Waals surface area contributed by atoms with E-state index in [-0.39, 0.29) is 41.9 Å². The van der Waals surface area contributed by atoms with Crippen molar-refractivity contribution < 1.29 is 27.1 Å². The topological polar surface area (TPSA) is 96.0 Å². The second-order valence-electron chi connectivity index (χ2n) is 11.2. The third-order valence-corrected chi connectivity index (χ3v) is 9.06. The second kappa shape index (κ2) is 15.5. The molecule has 1 atom stereocenters. The molecule has 0 aromatic heterocycles. The van der Waals surface area contributed by atoms with Crippen LogP contribution in [0.5, 0.6) is 5.75 Å². The molecule has 0 fully saturated rings. The first-order valence-electron chi connectivity index (χ1n) is 15.2. The van der Waals surface area contributed by atoms with E-state index in [0.717, 1.165) is 15.4 Å². The van der Waals surface area contributed by atoms with Crippen LogP contribution in [0.15, 0.2) is 108 Å². The number of sulfonamides is 1. The third-order valence-electron chi connectivity index (χ3n) is 7.29. The minimum absolute atomic E-state index is 0.000623. The number of para-hydroxylation sites is 2. The molecule has 0 saturated carbocycles. The van der Waals surface area contributed by atoms with Gasteiger partial charge in [0.05, 0.1) is 17.2 Å². The Morgan fingerprint density at radius 3 is 2.11 bits per heavy atom. The number of halogens is 1. The Bertz CT molecular complexity index is 1710. The van der Waals surface area contributed by atoms with Gasteiger partial charge in [0.15, 0.2) is 0 Å². The van der Waals surface area contributed by atoms with E-state index in [9.17, 15) is 22.4 Å². The maximum Gasteiger partial charge on any atom is 0.264 e. The van der Waals surface area contributed by atoms with Crippen molar-refractivity contribution in [2.45, 2.75) is 57.6 Å². The summed E-state index contributed by atoms with van der Waals surface area (Å²) in [5.41, 5.74) is 2.45. The lowest BCUT2D eigenvalue weighted by Crippen LogP contribution is -2.54. The first-order chi connectivity index (χ1) is 22.0. The monoisotopic (exact) mass is 645 g/mol. The number of ether oxygens (including phenoxy) is 1. The zero-order valence-corrected chi connectivity index (χ0v) is 27.3. The van der Waals surface area contributed by atoms with Gasteiger partial charge in [-0.25, -0.2) is 12.8 Å². The van der Waals surface area contributed by atoms with Crippen molar-refractivity contribution in [1.29, 1.82) is 0 Å². The lowest BCUT2D eigenvalue weighted by Gasteiger charge is -2.34. The van der Waals surface area contributed by atoms with E-state index in [1.165, 1.54) is 29.2 Å². The van der Waals surface area contributed by atoms with Gasteiger partial charge in [-0.05, 0) is 75.2 Å². The van der Waals surface area contributed by atoms with Crippen LogP contribution in [0, 0.1) is 12.7 Å². The Hall–Kier alpha value is -4.70. The largest absolute Gasteiger partial charge is 0.492 e. The van der Waals surface area contributed by atoms with E-state index in [4.69, 9.17) is 4.74 Å². The molecule has 4 aromatic rings. The van der Waals surface area contributed by atoms with Crippen LogP contribution in [0.25, 0.3) is 0 Å². The van der Waals surface area contributed by atoms with E-state index in [1.807, 2.05) is 51.1 Å². The van der Waals surface area contributed by atoms with Gasteiger partial charge < -0.3 is 15.0 Å². The van der Waals surface area contributed by atoms with Gasteiger partial charge in [0, 0.05) is 19.0 Å². The van der Waals surface area contributed by atoms with Crippen molar-refractivity contribution in [1.82, 2.24) is 10.2 Å². The number of hydrogen-bond donors (Lipinski definition) is 1. The minimum atomic E-state index is -4.29. The summed E-state index contributed by atoms with van der Waals surface area (Å²) in [5.74, 6) is -1.16. The molecule has 0 heterocycles. The maximum atomic E-state index is 14.5. The number of carbonyl (C=O) groups excluding carboxylic acids is 2. The van der Waals surface area contributed by atoms with E-state index in [0.29, 0.717) is 5.56 Å². The molecular formula is C36H40FN3O5S. The van der Waals surface area contributed by atoms with Gasteiger partial charge in [0.2, 0.25) is 11.8 Å². The highest BCUT2D eigenvalue weighted by Gasteiger charge is 2.35. The highest BCUT2D eigenvalue weighted by molar-refractivity contribution is 7.92. The molecule has 46 heavy (non-hydrogen) atoms. The van der Waals surface area contributed by atoms with Gasteiger partial charge in [-0.2, -0.15) is 0 Å². The first kappa shape index (κ1) is 34.2. The summed E-state index contributed by atoms with van der Waals surface area (Å²) in [7, 11) is -4.29. The molecule has 0 spiro atoms. The molecule has 0 radical (unpaired) electrons. The minimum Gasteiger partial charge on any atom is -0.492 e. The number of amides is 2.